The Balaban J connectivity index is 1.79. The molecule has 1 saturated heterocycles. The maximum Gasteiger partial charge on any atom is 0.182 e. The van der Waals surface area contributed by atoms with E-state index in [1.807, 2.05) is 16.8 Å². The Kier molecular flexibility index (Phi) is 4.01. The van der Waals surface area contributed by atoms with E-state index in [0.717, 1.165) is 38.2 Å². The second-order valence-electron chi connectivity index (χ2n) is 5.24. The average molecular weight is 289 g/mol. The number of aromatic nitrogens is 4. The van der Waals surface area contributed by atoms with Gasteiger partial charge < -0.3 is 15.2 Å². The second kappa shape index (κ2) is 6.09. The van der Waals surface area contributed by atoms with E-state index >= 15 is 0 Å². The molecule has 2 N–H and O–H groups in total. The van der Waals surface area contributed by atoms with E-state index in [1.165, 1.54) is 0 Å². The van der Waals surface area contributed by atoms with Crippen LogP contribution in [0.25, 0.3) is 11.4 Å². The van der Waals surface area contributed by atoms with E-state index in [1.54, 1.807) is 13.2 Å². The normalized spacial score (nSPS) is 18.0. The molecule has 21 heavy (non-hydrogen) atoms. The SMILES string of the molecule is COc1cc(N)cc(-c2nnnn2CCC2CCOC2)c1. The van der Waals surface area contributed by atoms with Crippen LogP contribution in [0.5, 0.6) is 5.75 Å². The average Bonchev–Trinajstić information content (AvgIpc) is 3.15. The minimum absolute atomic E-state index is 0.595. The zero-order valence-corrected chi connectivity index (χ0v) is 12.0. The summed E-state index contributed by atoms with van der Waals surface area (Å²) < 4.78 is 12.4. The second-order valence-corrected chi connectivity index (χ2v) is 5.24. The van der Waals surface area contributed by atoms with Gasteiger partial charge in [-0.05, 0) is 41.3 Å². The number of benzene rings is 1. The van der Waals surface area contributed by atoms with Crippen molar-refractivity contribution in [1.82, 2.24) is 20.2 Å². The summed E-state index contributed by atoms with van der Waals surface area (Å²) in [4.78, 5) is 0. The van der Waals surface area contributed by atoms with Gasteiger partial charge in [-0.3, -0.25) is 0 Å². The van der Waals surface area contributed by atoms with Crippen molar-refractivity contribution < 1.29 is 9.47 Å². The number of nitrogens with zero attached hydrogens (tertiary/aromatic N) is 4. The van der Waals surface area contributed by atoms with Crippen LogP contribution in [0.2, 0.25) is 0 Å². The molecule has 1 aromatic carbocycles. The Bertz CT molecular complexity index is 607. The fourth-order valence-corrected chi connectivity index (χ4v) is 2.55. The van der Waals surface area contributed by atoms with Crippen LogP contribution in [0.3, 0.4) is 0 Å². The first-order chi connectivity index (χ1) is 10.3. The van der Waals surface area contributed by atoms with Crippen LogP contribution in [-0.4, -0.2) is 40.5 Å². The zero-order valence-electron chi connectivity index (χ0n) is 12.0. The van der Waals surface area contributed by atoms with Crippen LogP contribution < -0.4 is 10.5 Å². The molecule has 7 heteroatoms. The smallest absolute Gasteiger partial charge is 0.182 e. The van der Waals surface area contributed by atoms with E-state index in [2.05, 4.69) is 15.5 Å². The highest BCUT2D eigenvalue weighted by atomic mass is 16.5. The number of ether oxygens (including phenoxy) is 2. The highest BCUT2D eigenvalue weighted by Gasteiger charge is 2.17. The quantitative estimate of drug-likeness (QED) is 0.836. The number of anilines is 1. The molecule has 3 rings (SSSR count). The Morgan fingerprint density at radius 1 is 1.43 bits per heavy atom. The summed E-state index contributed by atoms with van der Waals surface area (Å²) in [7, 11) is 1.61. The molecule has 0 radical (unpaired) electrons. The van der Waals surface area contributed by atoms with Crippen molar-refractivity contribution in [2.24, 2.45) is 5.92 Å². The molecular formula is C14H19N5O2. The van der Waals surface area contributed by atoms with Crippen LogP contribution in [0.1, 0.15) is 12.8 Å². The van der Waals surface area contributed by atoms with Gasteiger partial charge >= 0.3 is 0 Å². The van der Waals surface area contributed by atoms with Gasteiger partial charge in [0.1, 0.15) is 5.75 Å². The minimum Gasteiger partial charge on any atom is -0.497 e. The van der Waals surface area contributed by atoms with E-state index in [0.29, 0.717) is 23.2 Å². The van der Waals surface area contributed by atoms with Crippen LogP contribution >= 0.6 is 0 Å². The number of methoxy groups -OCH3 is 1. The highest BCUT2D eigenvalue weighted by molar-refractivity contribution is 5.64. The first-order valence-electron chi connectivity index (χ1n) is 7.05. The molecule has 0 spiro atoms. The van der Waals surface area contributed by atoms with Gasteiger partial charge in [-0.15, -0.1) is 5.10 Å². The standard InChI is InChI=1S/C14H19N5O2/c1-20-13-7-11(6-12(15)8-13)14-16-17-18-19(14)4-2-10-3-5-21-9-10/h6-8,10H,2-5,9,15H2,1H3. The molecule has 1 atom stereocenters. The Morgan fingerprint density at radius 3 is 3.10 bits per heavy atom. The molecule has 1 aliphatic heterocycles. The largest absolute Gasteiger partial charge is 0.497 e. The molecule has 0 saturated carbocycles. The van der Waals surface area contributed by atoms with Crippen molar-refractivity contribution >= 4 is 5.69 Å². The Hall–Kier alpha value is -2.15. The zero-order chi connectivity index (χ0) is 14.7. The van der Waals surface area contributed by atoms with Crippen molar-refractivity contribution in [2.75, 3.05) is 26.1 Å². The minimum atomic E-state index is 0.595. The summed E-state index contributed by atoms with van der Waals surface area (Å²) in [6.07, 6.45) is 2.13. The number of nitrogens with two attached hydrogens (primary N) is 1. The number of hydrogen-bond acceptors (Lipinski definition) is 6. The molecule has 1 fully saturated rings. The topological polar surface area (TPSA) is 88.1 Å². The first-order valence-corrected chi connectivity index (χ1v) is 7.05. The predicted octanol–water partition coefficient (Wildman–Crippen LogP) is 1.36. The van der Waals surface area contributed by atoms with Gasteiger partial charge in [0, 0.05) is 37.1 Å². The number of hydrogen-bond donors (Lipinski definition) is 1. The summed E-state index contributed by atoms with van der Waals surface area (Å²) in [5.74, 6) is 2.00. The van der Waals surface area contributed by atoms with Gasteiger partial charge in [0.05, 0.1) is 7.11 Å². The van der Waals surface area contributed by atoms with E-state index in [4.69, 9.17) is 15.2 Å². The van der Waals surface area contributed by atoms with Crippen molar-refractivity contribution in [3.8, 4) is 17.1 Å². The molecule has 1 aliphatic rings. The van der Waals surface area contributed by atoms with Gasteiger partial charge in [0.15, 0.2) is 5.82 Å². The van der Waals surface area contributed by atoms with Gasteiger partial charge in [0.25, 0.3) is 0 Å². The number of aryl methyl sites for hydroxylation is 1. The molecule has 7 nitrogen and oxygen atoms in total. The highest BCUT2D eigenvalue weighted by Crippen LogP contribution is 2.26. The van der Waals surface area contributed by atoms with Crippen molar-refractivity contribution in [1.29, 1.82) is 0 Å². The molecule has 112 valence electrons. The van der Waals surface area contributed by atoms with Crippen molar-refractivity contribution in [3.05, 3.63) is 18.2 Å². The number of rotatable bonds is 5. The molecule has 1 unspecified atom stereocenters. The molecule has 2 aromatic rings. The Labute approximate surface area is 123 Å². The summed E-state index contributed by atoms with van der Waals surface area (Å²) in [6.45, 7) is 2.47. The third-order valence-electron chi connectivity index (χ3n) is 3.73. The molecule has 2 heterocycles. The maximum atomic E-state index is 5.89. The van der Waals surface area contributed by atoms with Crippen LogP contribution in [-0.2, 0) is 11.3 Å². The van der Waals surface area contributed by atoms with Crippen molar-refractivity contribution in [3.63, 3.8) is 0 Å². The maximum absolute atomic E-state index is 5.89. The fourth-order valence-electron chi connectivity index (χ4n) is 2.55. The molecule has 0 aliphatic carbocycles. The van der Waals surface area contributed by atoms with E-state index in [9.17, 15) is 0 Å². The van der Waals surface area contributed by atoms with E-state index < -0.39 is 0 Å². The Morgan fingerprint density at radius 2 is 2.33 bits per heavy atom. The summed E-state index contributed by atoms with van der Waals surface area (Å²) in [6, 6.07) is 5.51. The lowest BCUT2D eigenvalue weighted by atomic mass is 10.1. The summed E-state index contributed by atoms with van der Waals surface area (Å²) >= 11 is 0. The van der Waals surface area contributed by atoms with Gasteiger partial charge in [-0.2, -0.15) is 0 Å². The van der Waals surface area contributed by atoms with Crippen LogP contribution in [0.4, 0.5) is 5.69 Å². The molecule has 1 aromatic heterocycles. The van der Waals surface area contributed by atoms with Crippen molar-refractivity contribution in [2.45, 2.75) is 19.4 Å². The lowest BCUT2D eigenvalue weighted by Crippen LogP contribution is -2.09. The monoisotopic (exact) mass is 289 g/mol. The van der Waals surface area contributed by atoms with Gasteiger partial charge in [-0.25, -0.2) is 4.68 Å². The summed E-state index contributed by atoms with van der Waals surface area (Å²) in [5, 5.41) is 12.0. The predicted molar refractivity (Wildman–Crippen MR) is 77.8 cm³/mol. The third kappa shape index (κ3) is 3.13. The number of tetrazole rings is 1. The van der Waals surface area contributed by atoms with E-state index in [-0.39, 0.29) is 0 Å². The van der Waals surface area contributed by atoms with Crippen LogP contribution in [0.15, 0.2) is 18.2 Å². The lowest BCUT2D eigenvalue weighted by molar-refractivity contribution is 0.183. The summed E-state index contributed by atoms with van der Waals surface area (Å²) in [5.41, 5.74) is 7.38. The van der Waals surface area contributed by atoms with Gasteiger partial charge in [-0.1, -0.05) is 0 Å². The third-order valence-corrected chi connectivity index (χ3v) is 3.73. The first kappa shape index (κ1) is 13.8. The molecular weight excluding hydrogens is 270 g/mol. The number of nitrogen functional groups attached to an aromatic ring is 1. The molecule has 0 bridgehead atoms. The molecule has 0 amide bonds. The van der Waals surface area contributed by atoms with Crippen LogP contribution in [0, 0.1) is 5.92 Å². The van der Waals surface area contributed by atoms with Gasteiger partial charge in [0.2, 0.25) is 0 Å². The fraction of sp³-hybridized carbons (Fsp3) is 0.500. The lowest BCUT2D eigenvalue weighted by Gasteiger charge is -2.09.